The molecule has 0 aliphatic rings. The molecular formula is C16H18F2N2O3. The number of hydrogen-bond acceptors (Lipinski definition) is 5. The van der Waals surface area contributed by atoms with Crippen molar-refractivity contribution in [1.82, 2.24) is 10.3 Å². The fourth-order valence-electron chi connectivity index (χ4n) is 2.07. The first-order chi connectivity index (χ1) is 11.1. The van der Waals surface area contributed by atoms with Crippen molar-refractivity contribution in [3.63, 3.8) is 0 Å². The third-order valence-corrected chi connectivity index (χ3v) is 3.20. The topological polar surface area (TPSA) is 63.6 Å². The van der Waals surface area contributed by atoms with Gasteiger partial charge in [-0.25, -0.2) is 0 Å². The van der Waals surface area contributed by atoms with E-state index in [0.29, 0.717) is 13.1 Å². The predicted octanol–water partition coefficient (Wildman–Crippen LogP) is 2.51. The van der Waals surface area contributed by atoms with E-state index in [1.165, 1.54) is 13.2 Å². The largest absolute Gasteiger partial charge is 0.493 e. The number of rotatable bonds is 8. The van der Waals surface area contributed by atoms with Crippen molar-refractivity contribution in [2.24, 2.45) is 0 Å². The summed E-state index contributed by atoms with van der Waals surface area (Å²) in [5, 5.41) is 13.1. The summed E-state index contributed by atoms with van der Waals surface area (Å²) in [6.07, 6.45) is 2.58. The van der Waals surface area contributed by atoms with E-state index in [4.69, 9.17) is 4.74 Å². The second-order valence-electron chi connectivity index (χ2n) is 4.79. The molecule has 0 aliphatic heterocycles. The second kappa shape index (κ2) is 8.40. The van der Waals surface area contributed by atoms with Crippen molar-refractivity contribution in [2.75, 3.05) is 13.7 Å². The zero-order valence-electron chi connectivity index (χ0n) is 12.6. The average Bonchev–Trinajstić information content (AvgIpc) is 2.56. The van der Waals surface area contributed by atoms with Crippen LogP contribution in [0.25, 0.3) is 0 Å². The Bertz CT molecular complexity index is 612. The van der Waals surface area contributed by atoms with E-state index >= 15 is 0 Å². The first-order valence-corrected chi connectivity index (χ1v) is 7.00. The molecular weight excluding hydrogens is 306 g/mol. The Morgan fingerprint density at radius 1 is 1.17 bits per heavy atom. The summed E-state index contributed by atoms with van der Waals surface area (Å²) in [6.45, 7) is -2.10. The lowest BCUT2D eigenvalue weighted by Crippen LogP contribution is -2.21. The van der Waals surface area contributed by atoms with Gasteiger partial charge in [0.1, 0.15) is 0 Å². The molecule has 5 nitrogen and oxygen atoms in total. The number of nitrogens with zero attached hydrogens (tertiary/aromatic N) is 1. The van der Waals surface area contributed by atoms with Crippen LogP contribution in [0.5, 0.6) is 11.5 Å². The summed E-state index contributed by atoms with van der Waals surface area (Å²) in [4.78, 5) is 3.89. The van der Waals surface area contributed by atoms with Gasteiger partial charge >= 0.3 is 6.61 Å². The van der Waals surface area contributed by atoms with Crippen molar-refractivity contribution in [2.45, 2.75) is 19.3 Å². The number of benzene rings is 1. The summed E-state index contributed by atoms with van der Waals surface area (Å²) in [7, 11) is 1.39. The van der Waals surface area contributed by atoms with Gasteiger partial charge in [0.05, 0.1) is 13.2 Å². The Balaban J connectivity index is 1.90. The van der Waals surface area contributed by atoms with Crippen LogP contribution in [0, 0.1) is 0 Å². The minimum absolute atomic E-state index is 0.0110. The van der Waals surface area contributed by atoms with Crippen LogP contribution in [0.4, 0.5) is 8.78 Å². The SMILES string of the molecule is COc1cc(CNCC(O)c2ccncc2)ccc1OC(F)F. The first-order valence-electron chi connectivity index (χ1n) is 7.00. The maximum Gasteiger partial charge on any atom is 0.387 e. The Hall–Kier alpha value is -2.25. The number of nitrogens with one attached hydrogen (secondary N) is 1. The molecule has 1 aromatic heterocycles. The van der Waals surface area contributed by atoms with Crippen LogP contribution in [-0.4, -0.2) is 30.4 Å². The first kappa shape index (κ1) is 17.1. The highest BCUT2D eigenvalue weighted by Crippen LogP contribution is 2.29. The highest BCUT2D eigenvalue weighted by atomic mass is 19.3. The van der Waals surface area contributed by atoms with E-state index in [9.17, 15) is 13.9 Å². The predicted molar refractivity (Wildman–Crippen MR) is 80.5 cm³/mol. The van der Waals surface area contributed by atoms with E-state index in [1.807, 2.05) is 0 Å². The molecule has 0 saturated carbocycles. The lowest BCUT2D eigenvalue weighted by Gasteiger charge is -2.14. The summed E-state index contributed by atoms with van der Waals surface area (Å²) in [5.74, 6) is 0.224. The Kier molecular flexibility index (Phi) is 6.25. The number of aliphatic hydroxyl groups is 1. The molecule has 2 aromatic rings. The maximum absolute atomic E-state index is 12.3. The number of halogens is 2. The minimum Gasteiger partial charge on any atom is -0.493 e. The van der Waals surface area contributed by atoms with Gasteiger partial charge < -0.3 is 19.9 Å². The molecule has 1 unspecified atom stereocenters. The fraction of sp³-hybridized carbons (Fsp3) is 0.312. The van der Waals surface area contributed by atoms with E-state index in [2.05, 4.69) is 15.0 Å². The van der Waals surface area contributed by atoms with Gasteiger partial charge in [-0.2, -0.15) is 8.78 Å². The van der Waals surface area contributed by atoms with E-state index < -0.39 is 12.7 Å². The number of ether oxygens (including phenoxy) is 2. The number of alkyl halides is 2. The molecule has 1 aromatic carbocycles. The molecule has 0 aliphatic carbocycles. The standard InChI is InChI=1S/C16H18F2N2O3/c1-22-15-8-11(2-3-14(15)23-16(17)18)9-20-10-13(21)12-4-6-19-7-5-12/h2-8,13,16,20-21H,9-10H2,1H3. The van der Waals surface area contributed by atoms with Crippen molar-refractivity contribution < 1.29 is 23.4 Å². The molecule has 1 atom stereocenters. The molecule has 0 saturated heterocycles. The third kappa shape index (κ3) is 5.15. The fourth-order valence-corrected chi connectivity index (χ4v) is 2.07. The highest BCUT2D eigenvalue weighted by Gasteiger charge is 2.11. The van der Waals surface area contributed by atoms with Gasteiger partial charge in [-0.3, -0.25) is 4.98 Å². The monoisotopic (exact) mass is 324 g/mol. The second-order valence-corrected chi connectivity index (χ2v) is 4.79. The van der Waals surface area contributed by atoms with Gasteiger partial charge in [0.25, 0.3) is 0 Å². The van der Waals surface area contributed by atoms with Crippen molar-refractivity contribution >= 4 is 0 Å². The molecule has 1 heterocycles. The molecule has 0 spiro atoms. The Morgan fingerprint density at radius 3 is 2.57 bits per heavy atom. The summed E-state index contributed by atoms with van der Waals surface area (Å²) < 4.78 is 33.9. The number of methoxy groups -OCH3 is 1. The molecule has 2 N–H and O–H groups in total. The lowest BCUT2D eigenvalue weighted by atomic mass is 10.1. The molecule has 0 radical (unpaired) electrons. The number of aliphatic hydroxyl groups excluding tert-OH is 1. The minimum atomic E-state index is -2.90. The zero-order chi connectivity index (χ0) is 16.7. The van der Waals surface area contributed by atoms with Crippen LogP contribution in [0.15, 0.2) is 42.7 Å². The highest BCUT2D eigenvalue weighted by molar-refractivity contribution is 5.43. The number of hydrogen-bond donors (Lipinski definition) is 2. The van der Waals surface area contributed by atoms with Gasteiger partial charge in [-0.1, -0.05) is 6.07 Å². The van der Waals surface area contributed by atoms with Crippen LogP contribution in [0.3, 0.4) is 0 Å². The molecule has 23 heavy (non-hydrogen) atoms. The number of pyridine rings is 1. The zero-order valence-corrected chi connectivity index (χ0v) is 12.6. The maximum atomic E-state index is 12.3. The lowest BCUT2D eigenvalue weighted by molar-refractivity contribution is -0.0512. The Morgan fingerprint density at radius 2 is 1.91 bits per heavy atom. The van der Waals surface area contributed by atoms with Crippen LogP contribution in [0.2, 0.25) is 0 Å². The number of aromatic nitrogens is 1. The average molecular weight is 324 g/mol. The normalized spacial score (nSPS) is 12.2. The molecule has 124 valence electrons. The van der Waals surface area contributed by atoms with Gasteiger partial charge in [0.15, 0.2) is 11.5 Å². The Labute approximate surface area is 132 Å². The summed E-state index contributed by atoms with van der Waals surface area (Å²) >= 11 is 0. The van der Waals surface area contributed by atoms with Crippen LogP contribution in [-0.2, 0) is 6.54 Å². The van der Waals surface area contributed by atoms with Crippen LogP contribution < -0.4 is 14.8 Å². The smallest absolute Gasteiger partial charge is 0.387 e. The van der Waals surface area contributed by atoms with Gasteiger partial charge in [-0.05, 0) is 35.4 Å². The van der Waals surface area contributed by atoms with E-state index in [-0.39, 0.29) is 11.5 Å². The van der Waals surface area contributed by atoms with E-state index in [1.54, 1.807) is 36.7 Å². The van der Waals surface area contributed by atoms with Gasteiger partial charge in [0.2, 0.25) is 0 Å². The third-order valence-electron chi connectivity index (χ3n) is 3.20. The van der Waals surface area contributed by atoms with Crippen molar-refractivity contribution in [1.29, 1.82) is 0 Å². The van der Waals surface area contributed by atoms with E-state index in [0.717, 1.165) is 11.1 Å². The van der Waals surface area contributed by atoms with Crippen LogP contribution in [0.1, 0.15) is 17.2 Å². The van der Waals surface area contributed by atoms with Gasteiger partial charge in [0, 0.05) is 25.5 Å². The van der Waals surface area contributed by atoms with Crippen LogP contribution >= 0.6 is 0 Å². The van der Waals surface area contributed by atoms with Gasteiger partial charge in [-0.15, -0.1) is 0 Å². The molecule has 0 amide bonds. The summed E-state index contributed by atoms with van der Waals surface area (Å²) in [6, 6.07) is 8.19. The molecule has 0 fully saturated rings. The molecule has 2 rings (SSSR count). The molecule has 7 heteroatoms. The van der Waals surface area contributed by atoms with Crippen molar-refractivity contribution in [3.8, 4) is 11.5 Å². The molecule has 0 bridgehead atoms. The van der Waals surface area contributed by atoms with Crippen molar-refractivity contribution in [3.05, 3.63) is 53.9 Å². The quantitative estimate of drug-likeness (QED) is 0.781. The summed E-state index contributed by atoms with van der Waals surface area (Å²) in [5.41, 5.74) is 1.59.